The van der Waals surface area contributed by atoms with E-state index in [0.717, 1.165) is 74.8 Å². The standard InChI is InChI=1S/C33H37BrN4O3/c1-3-40-33(39)32-26(16-10-20-41-29-17-8-12-23-11-4-5-13-24(23)29)25-14-9-15-27(30-22(2)36-37-28(30)21-34)31(25)38(32)19-7-6-18-35/h4-5,8-9,11-15,17H,3,6-7,10,16,18-21,35H2,1-2H3,(H,36,37). The fourth-order valence-electron chi connectivity index (χ4n) is 5.69. The third-order valence-corrected chi connectivity index (χ3v) is 8.02. The number of nitrogens with two attached hydrogens (primary N) is 1. The number of aromatic nitrogens is 3. The number of aryl methyl sites for hydroxylation is 3. The van der Waals surface area contributed by atoms with Crippen LogP contribution in [0.15, 0.2) is 60.7 Å². The Morgan fingerprint density at radius 2 is 1.80 bits per heavy atom. The van der Waals surface area contributed by atoms with E-state index in [0.29, 0.717) is 43.7 Å². The number of H-pyrrole nitrogens is 1. The molecular formula is C33H37BrN4O3. The molecule has 41 heavy (non-hydrogen) atoms. The lowest BCUT2D eigenvalue weighted by molar-refractivity contribution is 0.0512. The molecule has 7 nitrogen and oxygen atoms in total. The Bertz CT molecular complexity index is 1650. The maximum Gasteiger partial charge on any atom is 0.355 e. The molecule has 5 rings (SSSR count). The van der Waals surface area contributed by atoms with E-state index in [2.05, 4.69) is 67.1 Å². The minimum Gasteiger partial charge on any atom is -0.493 e. The summed E-state index contributed by atoms with van der Waals surface area (Å²) in [6.07, 6.45) is 3.16. The van der Waals surface area contributed by atoms with Gasteiger partial charge in [0.15, 0.2) is 0 Å². The number of hydrogen-bond donors (Lipinski definition) is 2. The van der Waals surface area contributed by atoms with Gasteiger partial charge in [-0.1, -0.05) is 70.5 Å². The summed E-state index contributed by atoms with van der Waals surface area (Å²) in [7, 11) is 0. The lowest BCUT2D eigenvalue weighted by Crippen LogP contribution is -2.15. The first kappa shape index (κ1) is 28.9. The van der Waals surface area contributed by atoms with Gasteiger partial charge in [0, 0.05) is 39.5 Å². The number of carbonyl (C=O) groups excluding carboxylic acids is 1. The van der Waals surface area contributed by atoms with Crippen molar-refractivity contribution >= 4 is 43.6 Å². The summed E-state index contributed by atoms with van der Waals surface area (Å²) >= 11 is 3.60. The van der Waals surface area contributed by atoms with Crippen LogP contribution < -0.4 is 10.5 Å². The summed E-state index contributed by atoms with van der Waals surface area (Å²) in [5.41, 5.74) is 12.5. The number of hydrogen-bond acceptors (Lipinski definition) is 5. The number of unbranched alkanes of at least 4 members (excludes halogenated alkanes) is 1. The molecule has 5 aromatic rings. The van der Waals surface area contributed by atoms with Gasteiger partial charge in [-0.2, -0.15) is 5.10 Å². The highest BCUT2D eigenvalue weighted by atomic mass is 79.9. The fourth-order valence-corrected chi connectivity index (χ4v) is 6.10. The number of halogens is 1. The van der Waals surface area contributed by atoms with E-state index < -0.39 is 0 Å². The van der Waals surface area contributed by atoms with Gasteiger partial charge in [0.25, 0.3) is 0 Å². The molecule has 2 aromatic heterocycles. The lowest BCUT2D eigenvalue weighted by Gasteiger charge is -2.14. The van der Waals surface area contributed by atoms with Crippen LogP contribution in [0.1, 0.15) is 53.6 Å². The van der Waals surface area contributed by atoms with Gasteiger partial charge >= 0.3 is 5.97 Å². The van der Waals surface area contributed by atoms with Crippen molar-refractivity contribution in [3.63, 3.8) is 0 Å². The van der Waals surface area contributed by atoms with Crippen molar-refractivity contribution in [1.82, 2.24) is 14.8 Å². The van der Waals surface area contributed by atoms with E-state index in [1.54, 1.807) is 0 Å². The van der Waals surface area contributed by atoms with Gasteiger partial charge in [-0.05, 0) is 63.1 Å². The van der Waals surface area contributed by atoms with Crippen LogP contribution in [0.5, 0.6) is 5.75 Å². The molecule has 0 saturated carbocycles. The van der Waals surface area contributed by atoms with Gasteiger partial charge in [-0.25, -0.2) is 4.79 Å². The molecule has 0 radical (unpaired) electrons. The van der Waals surface area contributed by atoms with Crippen LogP contribution in [0.2, 0.25) is 0 Å². The predicted molar refractivity (Wildman–Crippen MR) is 169 cm³/mol. The number of nitrogens with one attached hydrogen (secondary N) is 1. The van der Waals surface area contributed by atoms with Crippen LogP contribution in [-0.4, -0.2) is 40.5 Å². The van der Waals surface area contributed by atoms with Gasteiger partial charge in [0.2, 0.25) is 0 Å². The molecule has 2 heterocycles. The molecule has 0 atom stereocenters. The van der Waals surface area contributed by atoms with E-state index >= 15 is 0 Å². The molecule has 0 fully saturated rings. The molecule has 8 heteroatoms. The number of aromatic amines is 1. The first-order valence-corrected chi connectivity index (χ1v) is 15.4. The average molecular weight is 618 g/mol. The minimum atomic E-state index is -0.294. The molecule has 3 aromatic carbocycles. The molecule has 0 aliphatic carbocycles. The average Bonchev–Trinajstić information content (AvgIpc) is 3.52. The van der Waals surface area contributed by atoms with Crippen LogP contribution in [0.4, 0.5) is 0 Å². The molecule has 0 unspecified atom stereocenters. The zero-order chi connectivity index (χ0) is 28.8. The molecular weight excluding hydrogens is 580 g/mol. The largest absolute Gasteiger partial charge is 0.493 e. The minimum absolute atomic E-state index is 0.294. The highest BCUT2D eigenvalue weighted by molar-refractivity contribution is 9.08. The molecule has 0 bridgehead atoms. The normalized spacial score (nSPS) is 11.4. The summed E-state index contributed by atoms with van der Waals surface area (Å²) in [4.78, 5) is 13.6. The van der Waals surface area contributed by atoms with Crippen LogP contribution in [0.25, 0.3) is 32.8 Å². The summed E-state index contributed by atoms with van der Waals surface area (Å²) < 4.78 is 14.0. The number of fused-ring (bicyclic) bond motifs is 2. The first-order valence-electron chi connectivity index (χ1n) is 14.3. The molecule has 0 aliphatic rings. The molecule has 0 spiro atoms. The highest BCUT2D eigenvalue weighted by Gasteiger charge is 2.27. The van der Waals surface area contributed by atoms with E-state index in [9.17, 15) is 4.79 Å². The summed E-state index contributed by atoms with van der Waals surface area (Å²) in [6.45, 7) is 6.00. The number of carbonyl (C=O) groups is 1. The van der Waals surface area contributed by atoms with E-state index in [1.807, 2.05) is 38.1 Å². The van der Waals surface area contributed by atoms with Crippen molar-refractivity contribution in [2.75, 3.05) is 19.8 Å². The van der Waals surface area contributed by atoms with Gasteiger partial charge in [0.1, 0.15) is 11.4 Å². The Hall–Kier alpha value is -3.62. The Balaban J connectivity index is 1.56. The van der Waals surface area contributed by atoms with Crippen molar-refractivity contribution in [3.8, 4) is 16.9 Å². The predicted octanol–water partition coefficient (Wildman–Crippen LogP) is 7.32. The quantitative estimate of drug-likeness (QED) is 0.0821. The Morgan fingerprint density at radius 1 is 1.02 bits per heavy atom. The third kappa shape index (κ3) is 5.90. The lowest BCUT2D eigenvalue weighted by atomic mass is 9.98. The van der Waals surface area contributed by atoms with Gasteiger partial charge in [-0.3, -0.25) is 5.10 Å². The van der Waals surface area contributed by atoms with Crippen molar-refractivity contribution in [1.29, 1.82) is 0 Å². The number of para-hydroxylation sites is 1. The Labute approximate surface area is 249 Å². The van der Waals surface area contributed by atoms with Crippen molar-refractivity contribution in [3.05, 3.63) is 83.3 Å². The Kier molecular flexibility index (Phi) is 9.42. The zero-order valence-electron chi connectivity index (χ0n) is 23.7. The van der Waals surface area contributed by atoms with Crippen LogP contribution in [0, 0.1) is 6.92 Å². The smallest absolute Gasteiger partial charge is 0.355 e. The number of nitrogens with zero attached hydrogens (tertiary/aromatic N) is 2. The number of esters is 1. The van der Waals surface area contributed by atoms with E-state index in [-0.39, 0.29) is 5.97 Å². The number of benzene rings is 3. The molecule has 214 valence electrons. The SMILES string of the molecule is CCOC(=O)c1c(CCCOc2cccc3ccccc23)c2cccc(-c3c(CBr)n[nH]c3C)c2n1CCCCN. The van der Waals surface area contributed by atoms with Crippen molar-refractivity contribution in [2.24, 2.45) is 5.73 Å². The maximum atomic E-state index is 13.6. The Morgan fingerprint density at radius 3 is 2.61 bits per heavy atom. The molecule has 3 N–H and O–H groups in total. The van der Waals surface area contributed by atoms with Gasteiger partial charge < -0.3 is 19.8 Å². The zero-order valence-corrected chi connectivity index (χ0v) is 25.3. The topological polar surface area (TPSA) is 95.2 Å². The van der Waals surface area contributed by atoms with Crippen LogP contribution in [-0.2, 0) is 23.0 Å². The maximum absolute atomic E-state index is 13.6. The number of alkyl halides is 1. The van der Waals surface area contributed by atoms with Crippen LogP contribution in [0.3, 0.4) is 0 Å². The monoisotopic (exact) mass is 616 g/mol. The van der Waals surface area contributed by atoms with Crippen molar-refractivity contribution < 1.29 is 14.3 Å². The third-order valence-electron chi connectivity index (χ3n) is 7.49. The summed E-state index contributed by atoms with van der Waals surface area (Å²) in [5.74, 6) is 0.579. The number of rotatable bonds is 13. The second-order valence-electron chi connectivity index (χ2n) is 10.1. The second-order valence-corrected chi connectivity index (χ2v) is 10.7. The van der Waals surface area contributed by atoms with E-state index in [1.165, 1.54) is 0 Å². The summed E-state index contributed by atoms with van der Waals surface area (Å²) in [6, 6.07) is 20.7. The fraction of sp³-hybridized carbons (Fsp3) is 0.333. The molecule has 0 aliphatic heterocycles. The van der Waals surface area contributed by atoms with E-state index in [4.69, 9.17) is 15.2 Å². The van der Waals surface area contributed by atoms with Crippen LogP contribution >= 0.6 is 15.9 Å². The second kappa shape index (κ2) is 13.4. The number of ether oxygens (including phenoxy) is 2. The van der Waals surface area contributed by atoms with Gasteiger partial charge in [0.05, 0.1) is 24.4 Å². The molecule has 0 amide bonds. The van der Waals surface area contributed by atoms with Crippen molar-refractivity contribution in [2.45, 2.75) is 51.4 Å². The highest BCUT2D eigenvalue weighted by Crippen LogP contribution is 2.38. The van der Waals surface area contributed by atoms with Gasteiger partial charge in [-0.15, -0.1) is 0 Å². The molecule has 0 saturated heterocycles. The summed E-state index contributed by atoms with van der Waals surface area (Å²) in [5, 5.41) is 11.6. The first-order chi connectivity index (χ1) is 20.1.